The zero-order chi connectivity index (χ0) is 24.5. The van der Waals surface area contributed by atoms with Gasteiger partial charge in [0, 0.05) is 5.69 Å². The molecule has 0 aromatic heterocycles. The van der Waals surface area contributed by atoms with E-state index in [0.717, 1.165) is 22.9 Å². The van der Waals surface area contributed by atoms with Crippen molar-refractivity contribution in [2.24, 2.45) is 5.10 Å². The molecule has 0 saturated heterocycles. The van der Waals surface area contributed by atoms with Gasteiger partial charge in [0.2, 0.25) is 0 Å². The molecule has 8 nitrogen and oxygen atoms in total. The van der Waals surface area contributed by atoms with Crippen LogP contribution in [0.2, 0.25) is 0 Å². The van der Waals surface area contributed by atoms with Crippen molar-refractivity contribution < 1.29 is 23.5 Å². The number of carbonyl (C=O) groups excluding carboxylic acids is 3. The summed E-state index contributed by atoms with van der Waals surface area (Å²) in [5, 5.41) is 8.67. The van der Waals surface area contributed by atoms with Crippen LogP contribution in [0, 0.1) is 19.7 Å². The Balaban J connectivity index is 1.44. The molecule has 0 radical (unpaired) electrons. The number of hydrazone groups is 1. The molecular formula is C25H23FN4O4. The number of aryl methyl sites for hydroxylation is 2. The SMILES string of the molecule is Cc1ccc(NC(=O)COc2ccc(/C=N\NC(=O)C(=O)Nc3ccccc3F)cc2)c(C)c1. The quantitative estimate of drug-likeness (QED) is 0.283. The number of nitrogens with one attached hydrogen (secondary N) is 3. The molecule has 0 bridgehead atoms. The van der Waals surface area contributed by atoms with Gasteiger partial charge in [0.15, 0.2) is 6.61 Å². The molecule has 0 unspecified atom stereocenters. The van der Waals surface area contributed by atoms with Gasteiger partial charge in [-0.15, -0.1) is 0 Å². The van der Waals surface area contributed by atoms with Crippen LogP contribution in [0.4, 0.5) is 15.8 Å². The Kier molecular flexibility index (Phi) is 8.07. The van der Waals surface area contributed by atoms with Gasteiger partial charge in [-0.3, -0.25) is 14.4 Å². The summed E-state index contributed by atoms with van der Waals surface area (Å²) in [5.74, 6) is -2.56. The Bertz CT molecular complexity index is 1230. The fourth-order valence-electron chi connectivity index (χ4n) is 2.90. The Morgan fingerprint density at radius 1 is 0.912 bits per heavy atom. The van der Waals surface area contributed by atoms with Crippen molar-refractivity contribution in [2.75, 3.05) is 17.2 Å². The second kappa shape index (κ2) is 11.4. The van der Waals surface area contributed by atoms with E-state index >= 15 is 0 Å². The maximum Gasteiger partial charge on any atom is 0.329 e. The van der Waals surface area contributed by atoms with Gasteiger partial charge < -0.3 is 15.4 Å². The van der Waals surface area contributed by atoms with Crippen LogP contribution < -0.4 is 20.8 Å². The number of hydrogen-bond donors (Lipinski definition) is 3. The lowest BCUT2D eigenvalue weighted by atomic mass is 10.1. The highest BCUT2D eigenvalue weighted by molar-refractivity contribution is 6.39. The number of nitrogens with zero attached hydrogens (tertiary/aromatic N) is 1. The number of anilines is 2. The minimum absolute atomic E-state index is 0.107. The Hall–Kier alpha value is -4.53. The van der Waals surface area contributed by atoms with Crippen molar-refractivity contribution in [1.29, 1.82) is 0 Å². The van der Waals surface area contributed by atoms with E-state index in [1.54, 1.807) is 24.3 Å². The monoisotopic (exact) mass is 462 g/mol. The number of benzene rings is 3. The van der Waals surface area contributed by atoms with Crippen molar-refractivity contribution in [1.82, 2.24) is 5.43 Å². The lowest BCUT2D eigenvalue weighted by Crippen LogP contribution is -2.32. The first kappa shape index (κ1) is 24.1. The summed E-state index contributed by atoms with van der Waals surface area (Å²) in [6.07, 6.45) is 1.32. The molecule has 0 atom stereocenters. The fraction of sp³-hybridized carbons (Fsp3) is 0.120. The molecule has 0 fully saturated rings. The molecular weight excluding hydrogens is 439 g/mol. The highest BCUT2D eigenvalue weighted by Crippen LogP contribution is 2.16. The number of rotatable bonds is 7. The molecule has 3 aromatic carbocycles. The summed E-state index contributed by atoms with van der Waals surface area (Å²) < 4.78 is 19.0. The smallest absolute Gasteiger partial charge is 0.329 e. The molecule has 0 heterocycles. The average molecular weight is 462 g/mol. The summed E-state index contributed by atoms with van der Waals surface area (Å²) in [6.45, 7) is 3.74. The van der Waals surface area contributed by atoms with Crippen molar-refractivity contribution in [3.8, 4) is 5.75 Å². The van der Waals surface area contributed by atoms with Crippen molar-refractivity contribution >= 4 is 35.3 Å². The van der Waals surface area contributed by atoms with Crippen LogP contribution in [-0.2, 0) is 14.4 Å². The molecule has 3 amide bonds. The minimum atomic E-state index is -1.05. The van der Waals surface area contributed by atoms with Crippen LogP contribution in [0.1, 0.15) is 16.7 Å². The van der Waals surface area contributed by atoms with Gasteiger partial charge in [-0.25, -0.2) is 9.82 Å². The van der Waals surface area contributed by atoms with E-state index in [9.17, 15) is 18.8 Å². The Morgan fingerprint density at radius 3 is 2.35 bits per heavy atom. The summed E-state index contributed by atoms with van der Waals surface area (Å²) >= 11 is 0. The molecule has 9 heteroatoms. The molecule has 0 spiro atoms. The predicted molar refractivity (Wildman–Crippen MR) is 127 cm³/mol. The van der Waals surface area contributed by atoms with Gasteiger partial charge in [0.25, 0.3) is 5.91 Å². The molecule has 0 aliphatic heterocycles. The first-order valence-electron chi connectivity index (χ1n) is 10.3. The first-order valence-corrected chi connectivity index (χ1v) is 10.3. The molecule has 34 heavy (non-hydrogen) atoms. The maximum absolute atomic E-state index is 13.5. The molecule has 0 saturated carbocycles. The van der Waals surface area contributed by atoms with Crippen molar-refractivity contribution in [2.45, 2.75) is 13.8 Å². The molecule has 0 aliphatic rings. The minimum Gasteiger partial charge on any atom is -0.484 e. The standard InChI is InChI=1S/C25H23FN4O4/c1-16-7-12-21(17(2)13-16)28-23(31)15-34-19-10-8-18(9-11-19)14-27-30-25(33)24(32)29-22-6-4-3-5-20(22)26/h3-14H,15H2,1-2H3,(H,28,31)(H,29,32)(H,30,33)/b27-14-. The van der Waals surface area contributed by atoms with Gasteiger partial charge in [-0.05, 0) is 67.4 Å². The molecule has 0 aliphatic carbocycles. The summed E-state index contributed by atoms with van der Waals surface area (Å²) in [6, 6.07) is 17.8. The fourth-order valence-corrected chi connectivity index (χ4v) is 2.90. The van der Waals surface area contributed by atoms with Crippen LogP contribution in [0.3, 0.4) is 0 Å². The summed E-state index contributed by atoms with van der Waals surface area (Å²) in [5.41, 5.74) is 5.38. The zero-order valence-electron chi connectivity index (χ0n) is 18.6. The van der Waals surface area contributed by atoms with E-state index in [0.29, 0.717) is 11.3 Å². The van der Waals surface area contributed by atoms with Crippen LogP contribution in [0.5, 0.6) is 5.75 Å². The zero-order valence-corrected chi connectivity index (χ0v) is 18.6. The third kappa shape index (κ3) is 6.99. The average Bonchev–Trinajstić information content (AvgIpc) is 2.81. The lowest BCUT2D eigenvalue weighted by Gasteiger charge is -2.10. The van der Waals surface area contributed by atoms with E-state index in [4.69, 9.17) is 4.74 Å². The first-order chi connectivity index (χ1) is 16.3. The highest BCUT2D eigenvalue weighted by Gasteiger charge is 2.14. The van der Waals surface area contributed by atoms with Gasteiger partial charge in [0.05, 0.1) is 11.9 Å². The summed E-state index contributed by atoms with van der Waals surface area (Å²) in [4.78, 5) is 35.8. The van der Waals surface area contributed by atoms with Crippen molar-refractivity contribution in [3.05, 3.63) is 89.2 Å². The number of ether oxygens (including phenoxy) is 1. The number of amides is 3. The third-order valence-electron chi connectivity index (χ3n) is 4.61. The predicted octanol–water partition coefficient (Wildman–Crippen LogP) is 3.55. The van der Waals surface area contributed by atoms with Crippen LogP contribution in [0.25, 0.3) is 0 Å². The van der Waals surface area contributed by atoms with E-state index in [-0.39, 0.29) is 18.2 Å². The molecule has 174 valence electrons. The maximum atomic E-state index is 13.5. The van der Waals surface area contributed by atoms with Crippen LogP contribution >= 0.6 is 0 Å². The number of carbonyl (C=O) groups is 3. The van der Waals surface area contributed by atoms with Gasteiger partial charge in [-0.1, -0.05) is 29.8 Å². The van der Waals surface area contributed by atoms with Crippen LogP contribution in [0.15, 0.2) is 71.8 Å². The molecule has 3 N–H and O–H groups in total. The van der Waals surface area contributed by atoms with Gasteiger partial charge in [0.1, 0.15) is 11.6 Å². The molecule has 3 rings (SSSR count). The van der Waals surface area contributed by atoms with Gasteiger partial charge in [-0.2, -0.15) is 5.10 Å². The number of hydrogen-bond acceptors (Lipinski definition) is 5. The van der Waals surface area contributed by atoms with E-state index in [2.05, 4.69) is 21.2 Å². The normalized spacial score (nSPS) is 10.6. The van der Waals surface area contributed by atoms with Crippen LogP contribution in [-0.4, -0.2) is 30.5 Å². The van der Waals surface area contributed by atoms with E-state index in [1.807, 2.05) is 32.0 Å². The van der Waals surface area contributed by atoms with Gasteiger partial charge >= 0.3 is 11.8 Å². The van der Waals surface area contributed by atoms with E-state index < -0.39 is 17.6 Å². The Labute approximate surface area is 195 Å². The second-order valence-corrected chi connectivity index (χ2v) is 7.36. The largest absolute Gasteiger partial charge is 0.484 e. The Morgan fingerprint density at radius 2 is 1.65 bits per heavy atom. The number of para-hydroxylation sites is 1. The van der Waals surface area contributed by atoms with Crippen molar-refractivity contribution in [3.63, 3.8) is 0 Å². The molecule has 3 aromatic rings. The highest BCUT2D eigenvalue weighted by atomic mass is 19.1. The topological polar surface area (TPSA) is 109 Å². The second-order valence-electron chi connectivity index (χ2n) is 7.36. The van der Waals surface area contributed by atoms with E-state index in [1.165, 1.54) is 24.4 Å². The third-order valence-corrected chi connectivity index (χ3v) is 4.61. The number of halogens is 1. The summed E-state index contributed by atoms with van der Waals surface area (Å²) in [7, 11) is 0. The lowest BCUT2D eigenvalue weighted by molar-refractivity contribution is -0.136.